The smallest absolute Gasteiger partial charge is 0.122 e. The molecule has 2 aliphatic heterocycles. The van der Waals surface area contributed by atoms with Crippen LogP contribution in [0.5, 0.6) is 5.75 Å². The Bertz CT molecular complexity index is 517. The van der Waals surface area contributed by atoms with Gasteiger partial charge >= 0.3 is 0 Å². The largest absolute Gasteiger partial charge is 0.496 e. The molecular formula is C17H25N3O. The lowest BCUT2D eigenvalue weighted by atomic mass is 9.90. The first-order chi connectivity index (χ1) is 10.2. The molecule has 0 spiro atoms. The van der Waals surface area contributed by atoms with Crippen LogP contribution in [0.4, 0.5) is 0 Å². The van der Waals surface area contributed by atoms with Gasteiger partial charge in [-0.05, 0) is 31.4 Å². The Hall–Kier alpha value is -1.68. The summed E-state index contributed by atoms with van der Waals surface area (Å²) in [6, 6.07) is 8.44. The van der Waals surface area contributed by atoms with Crippen LogP contribution in [-0.4, -0.2) is 48.3 Å². The van der Waals surface area contributed by atoms with E-state index in [1.54, 1.807) is 7.11 Å². The number of piperidine rings is 1. The third kappa shape index (κ3) is 2.72. The van der Waals surface area contributed by atoms with Crippen molar-refractivity contribution in [3.05, 3.63) is 42.2 Å². The number of hydrogen-bond acceptors (Lipinski definition) is 4. The molecule has 0 radical (unpaired) electrons. The highest BCUT2D eigenvalue weighted by Gasteiger charge is 2.30. The highest BCUT2D eigenvalue weighted by molar-refractivity contribution is 5.36. The highest BCUT2D eigenvalue weighted by Crippen LogP contribution is 2.34. The van der Waals surface area contributed by atoms with Gasteiger partial charge in [0.2, 0.25) is 0 Å². The second-order valence-corrected chi connectivity index (χ2v) is 5.97. The zero-order valence-corrected chi connectivity index (χ0v) is 13.2. The number of para-hydroxylation sites is 1. The van der Waals surface area contributed by atoms with E-state index in [1.165, 1.54) is 18.4 Å². The van der Waals surface area contributed by atoms with Crippen LogP contribution in [0.15, 0.2) is 36.7 Å². The topological polar surface area (TPSA) is 19.0 Å². The molecule has 2 heterocycles. The fraction of sp³-hybridized carbons (Fsp3) is 0.529. The molecule has 0 aromatic heterocycles. The van der Waals surface area contributed by atoms with Crippen molar-refractivity contribution in [1.29, 1.82) is 0 Å². The summed E-state index contributed by atoms with van der Waals surface area (Å²) >= 11 is 0. The lowest BCUT2D eigenvalue weighted by Gasteiger charge is -2.42. The first kappa shape index (κ1) is 14.3. The summed E-state index contributed by atoms with van der Waals surface area (Å²) in [6.45, 7) is 4.43. The maximum absolute atomic E-state index is 5.54. The monoisotopic (exact) mass is 287 g/mol. The highest BCUT2D eigenvalue weighted by atomic mass is 16.5. The average molecular weight is 287 g/mol. The average Bonchev–Trinajstić information content (AvgIpc) is 2.87. The zero-order valence-electron chi connectivity index (χ0n) is 13.2. The number of hydrazine groups is 1. The van der Waals surface area contributed by atoms with Crippen molar-refractivity contribution >= 4 is 0 Å². The van der Waals surface area contributed by atoms with Gasteiger partial charge < -0.3 is 9.64 Å². The first-order valence-electron chi connectivity index (χ1n) is 7.77. The third-order valence-corrected chi connectivity index (χ3v) is 4.73. The van der Waals surface area contributed by atoms with Crippen molar-refractivity contribution in [2.45, 2.75) is 31.8 Å². The molecule has 3 rings (SSSR count). The van der Waals surface area contributed by atoms with Crippen LogP contribution in [0.1, 0.15) is 31.2 Å². The lowest BCUT2D eigenvalue weighted by Crippen LogP contribution is -2.49. The second-order valence-electron chi connectivity index (χ2n) is 5.97. The van der Waals surface area contributed by atoms with Crippen LogP contribution in [0.2, 0.25) is 0 Å². The summed E-state index contributed by atoms with van der Waals surface area (Å²) in [6.07, 6.45) is 7.20. The van der Waals surface area contributed by atoms with E-state index in [0.29, 0.717) is 12.1 Å². The number of ether oxygens (including phenoxy) is 1. The van der Waals surface area contributed by atoms with Crippen molar-refractivity contribution in [3.8, 4) is 5.75 Å². The maximum Gasteiger partial charge on any atom is 0.122 e. The molecule has 4 heteroatoms. The number of hydrogen-bond donors (Lipinski definition) is 0. The van der Waals surface area contributed by atoms with Gasteiger partial charge in [0.05, 0.1) is 7.11 Å². The normalized spacial score (nSPS) is 26.4. The molecule has 1 aromatic rings. The van der Waals surface area contributed by atoms with Gasteiger partial charge in [-0.2, -0.15) is 0 Å². The van der Waals surface area contributed by atoms with E-state index in [4.69, 9.17) is 4.74 Å². The quantitative estimate of drug-likeness (QED) is 0.851. The van der Waals surface area contributed by atoms with E-state index >= 15 is 0 Å². The van der Waals surface area contributed by atoms with Gasteiger partial charge in [0, 0.05) is 38.5 Å². The zero-order chi connectivity index (χ0) is 14.8. The van der Waals surface area contributed by atoms with Crippen LogP contribution in [0.3, 0.4) is 0 Å². The molecule has 0 bridgehead atoms. The first-order valence-corrected chi connectivity index (χ1v) is 7.77. The molecule has 4 nitrogen and oxygen atoms in total. The Balaban J connectivity index is 1.76. The summed E-state index contributed by atoms with van der Waals surface area (Å²) < 4.78 is 5.54. The van der Waals surface area contributed by atoms with E-state index in [2.05, 4.69) is 59.5 Å². The van der Waals surface area contributed by atoms with E-state index in [-0.39, 0.29) is 0 Å². The third-order valence-electron chi connectivity index (χ3n) is 4.73. The van der Waals surface area contributed by atoms with Crippen molar-refractivity contribution in [3.63, 3.8) is 0 Å². The standard InChI is InChI=1S/C17H25N3O/c1-14-18(2)11-12-20(14)19-10-6-7-15(13-19)16-8-4-5-9-17(16)21-3/h4-5,8-9,11-12,14-15H,6-7,10,13H2,1-3H3/t14-,15?/m0/s1. The molecule has 1 unspecified atom stereocenters. The molecule has 114 valence electrons. The van der Waals surface area contributed by atoms with Crippen molar-refractivity contribution in [2.75, 3.05) is 27.2 Å². The van der Waals surface area contributed by atoms with Crippen LogP contribution in [0.25, 0.3) is 0 Å². The Morgan fingerprint density at radius 1 is 1.19 bits per heavy atom. The minimum absolute atomic E-state index is 0.404. The predicted molar refractivity (Wildman–Crippen MR) is 84.7 cm³/mol. The number of benzene rings is 1. The number of rotatable bonds is 3. The van der Waals surface area contributed by atoms with E-state index in [9.17, 15) is 0 Å². The molecule has 1 saturated heterocycles. The van der Waals surface area contributed by atoms with E-state index in [1.807, 2.05) is 6.07 Å². The second kappa shape index (κ2) is 5.98. The summed E-state index contributed by atoms with van der Waals surface area (Å²) in [7, 11) is 3.89. The minimum Gasteiger partial charge on any atom is -0.496 e. The number of methoxy groups -OCH3 is 1. The van der Waals surface area contributed by atoms with Gasteiger partial charge in [0.15, 0.2) is 0 Å². The Labute approximate surface area is 127 Å². The van der Waals surface area contributed by atoms with Crippen molar-refractivity contribution in [1.82, 2.24) is 14.9 Å². The van der Waals surface area contributed by atoms with Crippen LogP contribution < -0.4 is 4.74 Å². The molecule has 0 amide bonds. The summed E-state index contributed by atoms with van der Waals surface area (Å²) in [5.74, 6) is 1.56. The molecule has 1 fully saturated rings. The molecule has 21 heavy (non-hydrogen) atoms. The minimum atomic E-state index is 0.404. The molecule has 2 atom stereocenters. The fourth-order valence-electron chi connectivity index (χ4n) is 3.36. The van der Waals surface area contributed by atoms with Gasteiger partial charge in [-0.1, -0.05) is 18.2 Å². The molecule has 0 aliphatic carbocycles. The van der Waals surface area contributed by atoms with E-state index < -0.39 is 0 Å². The number of nitrogens with zero attached hydrogens (tertiary/aromatic N) is 3. The fourth-order valence-corrected chi connectivity index (χ4v) is 3.36. The SMILES string of the molecule is COc1ccccc1C1CCCN(N2C=CN(C)[C@@H]2C)C1. The predicted octanol–water partition coefficient (Wildman–Crippen LogP) is 2.85. The van der Waals surface area contributed by atoms with Gasteiger partial charge in [-0.15, -0.1) is 0 Å². The van der Waals surface area contributed by atoms with Gasteiger partial charge in [0.25, 0.3) is 0 Å². The molecule has 0 saturated carbocycles. The van der Waals surface area contributed by atoms with Crippen molar-refractivity contribution in [2.24, 2.45) is 0 Å². The molecular weight excluding hydrogens is 262 g/mol. The molecule has 0 N–H and O–H groups in total. The molecule has 2 aliphatic rings. The van der Waals surface area contributed by atoms with Gasteiger partial charge in [-0.25, -0.2) is 5.01 Å². The van der Waals surface area contributed by atoms with Gasteiger partial charge in [-0.3, -0.25) is 5.01 Å². The summed E-state index contributed by atoms with van der Waals surface area (Å²) in [5.41, 5.74) is 1.34. The van der Waals surface area contributed by atoms with E-state index in [0.717, 1.165) is 18.8 Å². The Morgan fingerprint density at radius 2 is 2.00 bits per heavy atom. The van der Waals surface area contributed by atoms with Gasteiger partial charge in [0.1, 0.15) is 11.9 Å². The lowest BCUT2D eigenvalue weighted by molar-refractivity contribution is -0.0498. The molecule has 1 aromatic carbocycles. The van der Waals surface area contributed by atoms with Crippen molar-refractivity contribution < 1.29 is 4.74 Å². The summed E-state index contributed by atoms with van der Waals surface area (Å²) in [5, 5.41) is 4.84. The summed E-state index contributed by atoms with van der Waals surface area (Å²) in [4.78, 5) is 2.24. The van der Waals surface area contributed by atoms with Crippen LogP contribution in [-0.2, 0) is 0 Å². The Kier molecular flexibility index (Phi) is 4.06. The maximum atomic E-state index is 5.54. The van der Waals surface area contributed by atoms with Crippen LogP contribution >= 0.6 is 0 Å². The Morgan fingerprint density at radius 3 is 2.71 bits per heavy atom. The van der Waals surface area contributed by atoms with Crippen LogP contribution in [0, 0.1) is 0 Å².